The minimum atomic E-state index is -3.55. The lowest BCUT2D eigenvalue weighted by Crippen LogP contribution is -2.29. The van der Waals surface area contributed by atoms with Crippen LogP contribution < -0.4 is 5.56 Å². The Morgan fingerprint density at radius 3 is 2.76 bits per heavy atom. The number of aromatic amines is 1. The Bertz CT molecular complexity index is 531. The number of sulfonamides is 1. The first-order valence-electron chi connectivity index (χ1n) is 5.34. The third-order valence-electron chi connectivity index (χ3n) is 2.90. The normalized spacial score (nSPS) is 21.8. The Labute approximate surface area is 98.9 Å². The van der Waals surface area contributed by atoms with Crippen LogP contribution in [0, 0.1) is 5.92 Å². The molecule has 1 aliphatic heterocycles. The van der Waals surface area contributed by atoms with Gasteiger partial charge in [-0.3, -0.25) is 4.79 Å². The zero-order chi connectivity index (χ0) is 12.5. The molecule has 0 spiro atoms. The fraction of sp³-hybridized carbons (Fsp3) is 0.500. The predicted molar refractivity (Wildman–Crippen MR) is 61.0 cm³/mol. The molecule has 2 heterocycles. The molecule has 1 atom stereocenters. The van der Waals surface area contributed by atoms with Gasteiger partial charge < -0.3 is 10.1 Å². The number of H-pyrrole nitrogens is 1. The second-order valence-corrected chi connectivity index (χ2v) is 6.03. The van der Waals surface area contributed by atoms with E-state index < -0.39 is 10.0 Å². The van der Waals surface area contributed by atoms with E-state index in [1.807, 2.05) is 0 Å². The molecule has 2 rings (SSSR count). The smallest absolute Gasteiger partial charge is 0.247 e. The van der Waals surface area contributed by atoms with E-state index in [1.54, 1.807) is 0 Å². The Morgan fingerprint density at radius 2 is 2.24 bits per heavy atom. The average molecular weight is 258 g/mol. The van der Waals surface area contributed by atoms with Crippen molar-refractivity contribution in [3.05, 3.63) is 28.7 Å². The van der Waals surface area contributed by atoms with Crippen molar-refractivity contribution in [2.24, 2.45) is 5.92 Å². The third-order valence-corrected chi connectivity index (χ3v) is 4.76. The van der Waals surface area contributed by atoms with Gasteiger partial charge in [0.2, 0.25) is 15.6 Å². The molecular weight excluding hydrogens is 244 g/mol. The summed E-state index contributed by atoms with van der Waals surface area (Å²) in [6.07, 6.45) is 1.86. The molecule has 0 saturated carbocycles. The fourth-order valence-corrected chi connectivity index (χ4v) is 3.37. The van der Waals surface area contributed by atoms with Crippen molar-refractivity contribution < 1.29 is 13.5 Å². The minimum absolute atomic E-state index is 0.00234. The van der Waals surface area contributed by atoms with E-state index in [2.05, 4.69) is 4.98 Å². The maximum Gasteiger partial charge on any atom is 0.247 e. The molecule has 7 heteroatoms. The van der Waals surface area contributed by atoms with Gasteiger partial charge in [0.15, 0.2) is 0 Å². The first-order valence-corrected chi connectivity index (χ1v) is 6.78. The standard InChI is InChI=1S/C10H14N2O4S/c13-7-8-3-4-12(6-8)17(15,16)9-1-2-10(14)11-5-9/h1-2,5,8,13H,3-4,6-7H2,(H,11,14). The van der Waals surface area contributed by atoms with Crippen LogP contribution in [0.2, 0.25) is 0 Å². The van der Waals surface area contributed by atoms with Crippen molar-refractivity contribution in [2.75, 3.05) is 19.7 Å². The number of hydrogen-bond donors (Lipinski definition) is 2. The second kappa shape index (κ2) is 4.59. The Hall–Kier alpha value is -1.18. The maximum atomic E-state index is 12.1. The summed E-state index contributed by atoms with van der Waals surface area (Å²) in [6.45, 7) is 0.738. The van der Waals surface area contributed by atoms with E-state index in [4.69, 9.17) is 5.11 Å². The van der Waals surface area contributed by atoms with Crippen LogP contribution in [-0.2, 0) is 10.0 Å². The largest absolute Gasteiger partial charge is 0.396 e. The molecule has 0 amide bonds. The van der Waals surface area contributed by atoms with Crippen LogP contribution in [0.5, 0.6) is 0 Å². The first kappa shape index (κ1) is 12.3. The summed E-state index contributed by atoms with van der Waals surface area (Å²) >= 11 is 0. The lowest BCUT2D eigenvalue weighted by molar-refractivity contribution is 0.233. The van der Waals surface area contributed by atoms with Crippen molar-refractivity contribution >= 4 is 10.0 Å². The summed E-state index contributed by atoms with van der Waals surface area (Å²) in [4.78, 5) is 13.3. The zero-order valence-corrected chi connectivity index (χ0v) is 9.98. The summed E-state index contributed by atoms with van der Waals surface area (Å²) < 4.78 is 25.6. The van der Waals surface area contributed by atoms with Crippen molar-refractivity contribution in [3.63, 3.8) is 0 Å². The van der Waals surface area contributed by atoms with Gasteiger partial charge in [0.1, 0.15) is 0 Å². The van der Waals surface area contributed by atoms with Crippen molar-refractivity contribution in [1.82, 2.24) is 9.29 Å². The van der Waals surface area contributed by atoms with Crippen LogP contribution in [0.25, 0.3) is 0 Å². The lowest BCUT2D eigenvalue weighted by atomic mass is 10.1. The van der Waals surface area contributed by atoms with E-state index in [1.165, 1.54) is 22.6 Å². The van der Waals surface area contributed by atoms with Crippen LogP contribution in [0.1, 0.15) is 6.42 Å². The van der Waals surface area contributed by atoms with Crippen molar-refractivity contribution in [2.45, 2.75) is 11.3 Å². The van der Waals surface area contributed by atoms with E-state index in [-0.39, 0.29) is 23.0 Å². The Morgan fingerprint density at radius 1 is 1.47 bits per heavy atom. The number of pyridine rings is 1. The van der Waals surface area contributed by atoms with Crippen LogP contribution in [0.4, 0.5) is 0 Å². The van der Waals surface area contributed by atoms with Gasteiger partial charge in [-0.05, 0) is 18.4 Å². The molecule has 1 aliphatic rings. The molecule has 1 saturated heterocycles. The van der Waals surface area contributed by atoms with Crippen molar-refractivity contribution in [1.29, 1.82) is 0 Å². The number of aliphatic hydroxyl groups is 1. The molecule has 94 valence electrons. The van der Waals surface area contributed by atoms with Gasteiger partial charge >= 0.3 is 0 Å². The quantitative estimate of drug-likeness (QED) is 0.756. The van der Waals surface area contributed by atoms with E-state index in [0.29, 0.717) is 19.5 Å². The molecule has 17 heavy (non-hydrogen) atoms. The highest BCUT2D eigenvalue weighted by Crippen LogP contribution is 2.22. The third kappa shape index (κ3) is 2.41. The number of aromatic nitrogens is 1. The van der Waals surface area contributed by atoms with Gasteiger partial charge in [0.05, 0.1) is 4.90 Å². The van der Waals surface area contributed by atoms with Gasteiger partial charge in [-0.15, -0.1) is 0 Å². The molecule has 0 aliphatic carbocycles. The van der Waals surface area contributed by atoms with Gasteiger partial charge in [-0.2, -0.15) is 4.31 Å². The van der Waals surface area contributed by atoms with E-state index in [9.17, 15) is 13.2 Å². The molecular formula is C10H14N2O4S. The van der Waals surface area contributed by atoms with Crippen molar-refractivity contribution in [3.8, 4) is 0 Å². The summed E-state index contributed by atoms with van der Waals surface area (Å²) in [5.74, 6) is 0.00698. The molecule has 1 unspecified atom stereocenters. The SMILES string of the molecule is O=c1ccc(S(=O)(=O)N2CCC(CO)C2)c[nH]1. The second-order valence-electron chi connectivity index (χ2n) is 4.09. The number of nitrogens with zero attached hydrogens (tertiary/aromatic N) is 1. The Kier molecular flexibility index (Phi) is 3.32. The van der Waals surface area contributed by atoms with Crippen LogP contribution >= 0.6 is 0 Å². The number of nitrogens with one attached hydrogen (secondary N) is 1. The van der Waals surface area contributed by atoms with Gasteiger partial charge in [-0.1, -0.05) is 0 Å². The molecule has 1 fully saturated rings. The maximum absolute atomic E-state index is 12.1. The minimum Gasteiger partial charge on any atom is -0.396 e. The van der Waals surface area contributed by atoms with Crippen LogP contribution in [0.3, 0.4) is 0 Å². The fourth-order valence-electron chi connectivity index (χ4n) is 1.87. The van der Waals surface area contributed by atoms with E-state index >= 15 is 0 Å². The monoisotopic (exact) mass is 258 g/mol. The highest BCUT2D eigenvalue weighted by Gasteiger charge is 2.32. The lowest BCUT2D eigenvalue weighted by Gasteiger charge is -2.15. The summed E-state index contributed by atoms with van der Waals surface area (Å²) in [5, 5.41) is 8.99. The molecule has 2 N–H and O–H groups in total. The van der Waals surface area contributed by atoms with Gasteiger partial charge in [0.25, 0.3) is 0 Å². The zero-order valence-electron chi connectivity index (χ0n) is 9.17. The molecule has 0 radical (unpaired) electrons. The summed E-state index contributed by atoms with van der Waals surface area (Å²) in [5.41, 5.74) is -0.335. The summed E-state index contributed by atoms with van der Waals surface area (Å²) in [7, 11) is -3.55. The molecule has 1 aromatic rings. The van der Waals surface area contributed by atoms with E-state index in [0.717, 1.165) is 0 Å². The number of rotatable bonds is 3. The summed E-state index contributed by atoms with van der Waals surface area (Å²) in [6, 6.07) is 2.48. The number of hydrogen-bond acceptors (Lipinski definition) is 4. The van der Waals surface area contributed by atoms with Gasteiger partial charge in [0, 0.05) is 32.0 Å². The molecule has 0 aromatic carbocycles. The van der Waals surface area contributed by atoms with Crippen LogP contribution in [0.15, 0.2) is 28.0 Å². The highest BCUT2D eigenvalue weighted by atomic mass is 32.2. The Balaban J connectivity index is 2.25. The van der Waals surface area contributed by atoms with Crippen LogP contribution in [-0.4, -0.2) is 42.5 Å². The first-order chi connectivity index (χ1) is 8.04. The average Bonchev–Trinajstić information content (AvgIpc) is 2.78. The molecule has 6 nitrogen and oxygen atoms in total. The molecule has 1 aromatic heterocycles. The highest BCUT2D eigenvalue weighted by molar-refractivity contribution is 7.89. The molecule has 0 bridgehead atoms. The predicted octanol–water partition coefficient (Wildman–Crippen LogP) is -0.622. The number of aliphatic hydroxyl groups excluding tert-OH is 1. The van der Waals surface area contributed by atoms with Gasteiger partial charge in [-0.25, -0.2) is 8.42 Å². The topological polar surface area (TPSA) is 90.5 Å².